The van der Waals surface area contributed by atoms with Crippen LogP contribution < -0.4 is 16.6 Å². The highest BCUT2D eigenvalue weighted by Gasteiger charge is 2.59. The predicted molar refractivity (Wildman–Crippen MR) is 67.5 cm³/mol. The minimum atomic E-state index is -5.40. The summed E-state index contributed by atoms with van der Waals surface area (Å²) in [5.74, 6) is -5.47. The van der Waals surface area contributed by atoms with E-state index in [2.05, 4.69) is 0 Å². The van der Waals surface area contributed by atoms with Crippen molar-refractivity contribution < 1.29 is 38.0 Å². The van der Waals surface area contributed by atoms with E-state index < -0.39 is 54.1 Å². The molecule has 5 N–H and O–H groups in total. The maximum absolute atomic E-state index is 12.5. The van der Waals surface area contributed by atoms with Crippen LogP contribution in [0.1, 0.15) is 0 Å². The lowest BCUT2D eigenvalue weighted by molar-refractivity contribution is -0.206. The number of nitrogens with one attached hydrogen (secondary N) is 2. The smallest absolute Gasteiger partial charge is 0.394 e. The van der Waals surface area contributed by atoms with Crippen LogP contribution in [0, 0.1) is 0 Å². The van der Waals surface area contributed by atoms with Gasteiger partial charge in [0, 0.05) is 12.3 Å². The number of aromatic amines is 1. The minimum Gasteiger partial charge on any atom is -0.394 e. The number of aliphatic hydroxyl groups excluding tert-OH is 3. The van der Waals surface area contributed by atoms with Crippen LogP contribution in [0.2, 0.25) is 0 Å². The summed E-state index contributed by atoms with van der Waals surface area (Å²) >= 11 is 0. The summed E-state index contributed by atoms with van der Waals surface area (Å²) in [6, 6.07) is 0.720. The molecule has 0 aliphatic carbocycles. The van der Waals surface area contributed by atoms with Gasteiger partial charge in [0.05, 0.1) is 6.61 Å². The highest BCUT2D eigenvalue weighted by molar-refractivity contribution is 5.82. The lowest BCUT2D eigenvalue weighted by atomic mass is 10.1. The molecule has 1 aliphatic heterocycles. The fourth-order valence-corrected chi connectivity index (χ4v) is 2.23. The van der Waals surface area contributed by atoms with E-state index >= 15 is 0 Å². The van der Waals surface area contributed by atoms with E-state index in [1.165, 1.54) is 5.32 Å². The number of ether oxygens (including phenoxy) is 1. The molecule has 1 fully saturated rings. The van der Waals surface area contributed by atoms with Crippen molar-refractivity contribution in [1.29, 1.82) is 0 Å². The van der Waals surface area contributed by atoms with Gasteiger partial charge in [-0.25, -0.2) is 4.79 Å². The predicted octanol–water partition coefficient (Wildman–Crippen LogP) is -3.06. The van der Waals surface area contributed by atoms with E-state index in [1.807, 2.05) is 0 Å². The van der Waals surface area contributed by atoms with Gasteiger partial charge < -0.3 is 20.1 Å². The van der Waals surface area contributed by atoms with E-state index in [9.17, 15) is 37.8 Å². The Morgan fingerprint density at radius 1 is 1.42 bits per heavy atom. The molecule has 0 saturated carbocycles. The number of aliphatic hydroxyl groups is 3. The van der Waals surface area contributed by atoms with Gasteiger partial charge in [0.1, 0.15) is 12.2 Å². The largest absolute Gasteiger partial charge is 0.471 e. The summed E-state index contributed by atoms with van der Waals surface area (Å²) < 4.78 is 42.9. The molecule has 134 valence electrons. The van der Waals surface area contributed by atoms with Gasteiger partial charge in [0.15, 0.2) is 6.10 Å². The molecular weight excluding hydrogens is 343 g/mol. The van der Waals surface area contributed by atoms with Crippen molar-refractivity contribution in [2.45, 2.75) is 30.3 Å². The van der Waals surface area contributed by atoms with Crippen LogP contribution in [0.15, 0.2) is 21.9 Å². The first-order valence-corrected chi connectivity index (χ1v) is 6.39. The number of carbonyl (C=O) groups is 1. The molecule has 4 atom stereocenters. The maximum atomic E-state index is 12.5. The van der Waals surface area contributed by atoms with Gasteiger partial charge in [-0.2, -0.15) is 13.2 Å². The van der Waals surface area contributed by atoms with E-state index in [-0.39, 0.29) is 4.57 Å². The second-order valence-electron chi connectivity index (χ2n) is 4.90. The molecule has 1 amide bonds. The van der Waals surface area contributed by atoms with Crippen molar-refractivity contribution in [3.05, 3.63) is 33.1 Å². The third kappa shape index (κ3) is 2.93. The van der Waals surface area contributed by atoms with Crippen molar-refractivity contribution in [2.75, 3.05) is 6.61 Å². The molecule has 1 aliphatic rings. The molecule has 10 nitrogen and oxygen atoms in total. The standard InChI is InChI=1S/C11H12F3N3O7/c12-10(13,14)8(22)16-11(7(21)6(20)4(3-18)24-11)17-2-1-5(19)15-9(17)23/h1-2,4,6-7,18,20-21H,3H2,(H,16,22)(H,15,19,23)/t4-,6-,7-,11+/m1/s1. The molecule has 1 aromatic rings. The average molecular weight is 355 g/mol. The molecule has 0 radical (unpaired) electrons. The molecule has 0 bridgehead atoms. The van der Waals surface area contributed by atoms with Gasteiger partial charge in [-0.1, -0.05) is 0 Å². The topological polar surface area (TPSA) is 154 Å². The molecule has 1 saturated heterocycles. The third-order valence-electron chi connectivity index (χ3n) is 3.35. The number of hydrogen-bond acceptors (Lipinski definition) is 7. The number of H-pyrrole nitrogens is 1. The first kappa shape index (κ1) is 18.1. The van der Waals surface area contributed by atoms with Crippen LogP contribution in [0.4, 0.5) is 13.2 Å². The van der Waals surface area contributed by atoms with Gasteiger partial charge in [0.2, 0.25) is 0 Å². The highest BCUT2D eigenvalue weighted by Crippen LogP contribution is 2.33. The number of aromatic nitrogens is 2. The van der Waals surface area contributed by atoms with Crippen molar-refractivity contribution >= 4 is 5.91 Å². The minimum absolute atomic E-state index is 0.265. The van der Waals surface area contributed by atoms with Crippen LogP contribution in [0.25, 0.3) is 0 Å². The molecule has 2 rings (SSSR count). The molecule has 2 heterocycles. The van der Waals surface area contributed by atoms with Gasteiger partial charge in [-0.05, 0) is 0 Å². The summed E-state index contributed by atoms with van der Waals surface area (Å²) in [5, 5.41) is 30.2. The summed E-state index contributed by atoms with van der Waals surface area (Å²) in [5.41, 5.74) is -2.23. The molecule has 1 aromatic heterocycles. The number of carbonyl (C=O) groups excluding carboxylic acids is 1. The molecule has 24 heavy (non-hydrogen) atoms. The van der Waals surface area contributed by atoms with Crippen molar-refractivity contribution in [1.82, 2.24) is 14.9 Å². The van der Waals surface area contributed by atoms with Crippen molar-refractivity contribution in [3.8, 4) is 0 Å². The van der Waals surface area contributed by atoms with Gasteiger partial charge >= 0.3 is 17.8 Å². The monoisotopic (exact) mass is 355 g/mol. The van der Waals surface area contributed by atoms with Gasteiger partial charge in [0.25, 0.3) is 11.4 Å². The molecular formula is C11H12F3N3O7. The second-order valence-corrected chi connectivity index (χ2v) is 4.90. The van der Waals surface area contributed by atoms with Crippen LogP contribution in [-0.2, 0) is 15.4 Å². The zero-order chi connectivity index (χ0) is 18.3. The SMILES string of the molecule is O=C(N[C@@]1(n2ccc(=O)[nH]c2=O)O[C@H](CO)[C@@H](O)[C@H]1O)C(F)(F)F. The Kier molecular flexibility index (Phi) is 4.54. The Morgan fingerprint density at radius 2 is 2.04 bits per heavy atom. The van der Waals surface area contributed by atoms with Gasteiger partial charge in [-0.3, -0.25) is 24.5 Å². The van der Waals surface area contributed by atoms with E-state index in [1.54, 1.807) is 4.98 Å². The van der Waals surface area contributed by atoms with E-state index in [0.717, 1.165) is 6.07 Å². The first-order chi connectivity index (χ1) is 11.0. The lowest BCUT2D eigenvalue weighted by Gasteiger charge is -2.34. The number of hydrogen-bond donors (Lipinski definition) is 5. The van der Waals surface area contributed by atoms with Crippen molar-refractivity contribution in [3.63, 3.8) is 0 Å². The third-order valence-corrected chi connectivity index (χ3v) is 3.35. The highest BCUT2D eigenvalue weighted by atomic mass is 19.4. The zero-order valence-electron chi connectivity index (χ0n) is 11.6. The van der Waals surface area contributed by atoms with E-state index in [0.29, 0.717) is 6.20 Å². The summed E-state index contributed by atoms with van der Waals surface area (Å²) in [6.45, 7) is -0.931. The van der Waals surface area contributed by atoms with Crippen LogP contribution >= 0.6 is 0 Å². The summed E-state index contributed by atoms with van der Waals surface area (Å²) in [6.07, 6.45) is -10.5. The lowest BCUT2D eigenvalue weighted by Crippen LogP contribution is -2.63. The average Bonchev–Trinajstić information content (AvgIpc) is 2.71. The summed E-state index contributed by atoms with van der Waals surface area (Å²) in [7, 11) is 0. The zero-order valence-corrected chi connectivity index (χ0v) is 11.6. The Hall–Kier alpha value is -2.22. The normalized spacial score (nSPS) is 30.3. The Balaban J connectivity index is 2.60. The Bertz CT molecular complexity index is 745. The number of amides is 1. The van der Waals surface area contributed by atoms with Crippen LogP contribution in [0.3, 0.4) is 0 Å². The Labute approximate surface area is 130 Å². The molecule has 13 heteroatoms. The quantitative estimate of drug-likeness (QED) is 0.386. The van der Waals surface area contributed by atoms with Crippen LogP contribution in [-0.4, -0.2) is 61.9 Å². The van der Waals surface area contributed by atoms with Gasteiger partial charge in [-0.15, -0.1) is 0 Å². The summed E-state index contributed by atoms with van der Waals surface area (Å²) in [4.78, 5) is 35.9. The first-order valence-electron chi connectivity index (χ1n) is 6.39. The van der Waals surface area contributed by atoms with Crippen molar-refractivity contribution in [2.24, 2.45) is 0 Å². The second kappa shape index (κ2) is 6.01. The van der Waals surface area contributed by atoms with E-state index in [4.69, 9.17) is 9.84 Å². The number of nitrogens with zero attached hydrogens (tertiary/aromatic N) is 1. The Morgan fingerprint density at radius 3 is 2.50 bits per heavy atom. The maximum Gasteiger partial charge on any atom is 0.471 e. The fraction of sp³-hybridized carbons (Fsp3) is 0.545. The van der Waals surface area contributed by atoms with Crippen LogP contribution in [0.5, 0.6) is 0 Å². The molecule has 0 aromatic carbocycles. The molecule has 0 unspecified atom stereocenters. The molecule has 0 spiro atoms. The number of halogens is 3. The fourth-order valence-electron chi connectivity index (χ4n) is 2.23. The number of alkyl halides is 3. The number of rotatable bonds is 3.